The van der Waals surface area contributed by atoms with Crippen molar-refractivity contribution in [2.75, 3.05) is 36.5 Å². The Labute approximate surface area is 291 Å². The number of nitrogens with zero attached hydrogens (tertiary/aromatic N) is 5. The molecule has 0 radical (unpaired) electrons. The van der Waals surface area contributed by atoms with Gasteiger partial charge in [0.2, 0.25) is 11.9 Å². The van der Waals surface area contributed by atoms with Crippen molar-refractivity contribution in [2.24, 2.45) is 0 Å². The normalized spacial score (nSPS) is 14.2. The Kier molecular flexibility index (Phi) is 9.99. The number of amides is 1. The number of carbonyl (C=O) groups is 1. The van der Waals surface area contributed by atoms with Gasteiger partial charge in [0.15, 0.2) is 0 Å². The summed E-state index contributed by atoms with van der Waals surface area (Å²) in [7, 11) is 1.69. The first-order valence-electron chi connectivity index (χ1n) is 16.3. The maximum atomic E-state index is 13.1. The summed E-state index contributed by atoms with van der Waals surface area (Å²) in [6.45, 7) is 8.75. The lowest BCUT2D eigenvalue weighted by Crippen LogP contribution is -2.39. The fourth-order valence-corrected chi connectivity index (χ4v) is 7.50. The van der Waals surface area contributed by atoms with Crippen LogP contribution < -0.4 is 21.7 Å². The van der Waals surface area contributed by atoms with Crippen molar-refractivity contribution in [1.82, 2.24) is 24.8 Å². The zero-order chi connectivity index (χ0) is 35.6. The molecule has 5 N–H and O–H groups in total. The van der Waals surface area contributed by atoms with Gasteiger partial charge in [-0.15, -0.1) is 11.3 Å². The van der Waals surface area contributed by atoms with Gasteiger partial charge in [-0.25, -0.2) is 4.98 Å². The highest BCUT2D eigenvalue weighted by molar-refractivity contribution is 7.18. The molecular formula is C36H38F3N9OS. The predicted molar refractivity (Wildman–Crippen MR) is 192 cm³/mol. The quantitative estimate of drug-likeness (QED) is 0.115. The maximum absolute atomic E-state index is 13.1. The first-order chi connectivity index (χ1) is 23.9. The summed E-state index contributed by atoms with van der Waals surface area (Å²) in [5.41, 5.74) is 11.4. The summed E-state index contributed by atoms with van der Waals surface area (Å²) >= 11 is 1.04. The molecule has 1 aliphatic heterocycles. The zero-order valence-electron chi connectivity index (χ0n) is 27.8. The lowest BCUT2D eigenvalue weighted by Gasteiger charge is -2.33. The number of fused-ring (bicyclic) bond motifs is 2. The number of rotatable bonds is 11. The van der Waals surface area contributed by atoms with E-state index in [9.17, 15) is 23.2 Å². The Morgan fingerprint density at radius 2 is 1.88 bits per heavy atom. The number of halogens is 3. The van der Waals surface area contributed by atoms with E-state index in [-0.39, 0.29) is 29.8 Å². The summed E-state index contributed by atoms with van der Waals surface area (Å²) in [4.78, 5) is 24.7. The number of likely N-dealkylation sites (tertiary alicyclic amines) is 1. The molecule has 0 saturated carbocycles. The molecule has 6 rings (SSSR count). The molecular weight excluding hydrogens is 664 g/mol. The van der Waals surface area contributed by atoms with Gasteiger partial charge in [0.1, 0.15) is 22.4 Å². The van der Waals surface area contributed by atoms with Gasteiger partial charge in [-0.1, -0.05) is 30.8 Å². The van der Waals surface area contributed by atoms with E-state index in [1.807, 2.05) is 34.9 Å². The molecule has 0 aliphatic carbocycles. The Bertz CT molecular complexity index is 2110. The number of thiophene rings is 1. The minimum absolute atomic E-state index is 0.106. The number of nitrogens with one attached hydrogen (secondary N) is 3. The van der Waals surface area contributed by atoms with E-state index in [0.717, 1.165) is 71.4 Å². The topological polar surface area (TPSA) is 137 Å². The van der Waals surface area contributed by atoms with E-state index in [4.69, 9.17) is 5.73 Å². The molecule has 1 amide bonds. The number of carbonyl (C=O) groups excluding carboxylic acids is 1. The van der Waals surface area contributed by atoms with Crippen LogP contribution in [0.5, 0.6) is 0 Å². The highest BCUT2D eigenvalue weighted by Gasteiger charge is 2.30. The number of aryl methyl sites for hydroxylation is 1. The van der Waals surface area contributed by atoms with Crippen LogP contribution in [0, 0.1) is 18.3 Å². The fourth-order valence-electron chi connectivity index (χ4n) is 6.44. The van der Waals surface area contributed by atoms with Crippen LogP contribution in [0.25, 0.3) is 21.1 Å². The van der Waals surface area contributed by atoms with Gasteiger partial charge in [0.05, 0.1) is 24.8 Å². The minimum Gasteiger partial charge on any atom is -0.398 e. The van der Waals surface area contributed by atoms with Gasteiger partial charge < -0.3 is 26.3 Å². The number of nitrogens with two attached hydrogens (primary N) is 1. The van der Waals surface area contributed by atoms with Crippen molar-refractivity contribution in [3.8, 4) is 6.07 Å². The molecule has 1 aliphatic rings. The molecule has 4 heterocycles. The van der Waals surface area contributed by atoms with Crippen molar-refractivity contribution >= 4 is 55.8 Å². The van der Waals surface area contributed by atoms with Crippen LogP contribution in [0.15, 0.2) is 60.8 Å². The standard InChI is InChI=1S/C36H38F3N9OS/c1-21(43-32(49)14-23-6-4-5-7-30(23)41)19-48-26(18-40)15-28-22(2)24(8-9-31(28)48)20-47-12-10-25(11-13-47)44-33-29-16-27(17-36(37,38)39)50-34(29)46-35(42-3)45-33/h4-9,15-16,25H,1,10-14,17,19-20,41H2,2-3H3,(H,43,49)(H2,42,44,45,46). The molecule has 0 spiro atoms. The minimum atomic E-state index is -4.29. The van der Waals surface area contributed by atoms with Crippen LogP contribution in [0.4, 0.5) is 30.6 Å². The van der Waals surface area contributed by atoms with Gasteiger partial charge in [-0.2, -0.15) is 23.4 Å². The lowest BCUT2D eigenvalue weighted by atomic mass is 10.0. The summed E-state index contributed by atoms with van der Waals surface area (Å²) in [5.74, 6) is 0.680. The average Bonchev–Trinajstić information content (AvgIpc) is 3.64. The highest BCUT2D eigenvalue weighted by Crippen LogP contribution is 2.35. The third kappa shape index (κ3) is 7.85. The van der Waals surface area contributed by atoms with Crippen LogP contribution in [0.1, 0.15) is 40.1 Å². The van der Waals surface area contributed by atoms with Gasteiger partial charge in [0.25, 0.3) is 0 Å². The summed E-state index contributed by atoms with van der Waals surface area (Å²) < 4.78 is 41.1. The number of piperidine rings is 1. The smallest absolute Gasteiger partial charge is 0.393 e. The molecule has 5 aromatic rings. The summed E-state index contributed by atoms with van der Waals surface area (Å²) in [6.07, 6.45) is -3.49. The van der Waals surface area contributed by atoms with Gasteiger partial charge >= 0.3 is 6.18 Å². The number of anilines is 3. The lowest BCUT2D eigenvalue weighted by molar-refractivity contribution is -0.126. The number of hydrogen-bond donors (Lipinski definition) is 4. The van der Waals surface area contributed by atoms with E-state index in [0.29, 0.717) is 39.1 Å². The number of alkyl halides is 3. The molecule has 3 aromatic heterocycles. The van der Waals surface area contributed by atoms with Crippen LogP contribution >= 0.6 is 11.3 Å². The van der Waals surface area contributed by atoms with E-state index >= 15 is 0 Å². The number of nitrogen functional groups attached to an aromatic ring is 1. The number of nitriles is 1. The SMILES string of the molecule is C=C(Cn1c(C#N)cc2c(C)c(CN3CCC(Nc4nc(NC)nc5sc(CC(F)(F)F)cc45)CC3)ccc21)NC(=O)Cc1ccccc1N. The van der Waals surface area contributed by atoms with E-state index in [1.54, 1.807) is 19.2 Å². The Hall–Kier alpha value is -5.13. The van der Waals surface area contributed by atoms with Gasteiger partial charge in [-0.05, 0) is 60.7 Å². The Morgan fingerprint density at radius 1 is 1.12 bits per heavy atom. The fraction of sp³-hybridized carbons (Fsp3) is 0.333. The van der Waals surface area contributed by atoms with Crippen LogP contribution in [-0.4, -0.2) is 57.7 Å². The molecule has 0 atom stereocenters. The highest BCUT2D eigenvalue weighted by atomic mass is 32.1. The van der Waals surface area contributed by atoms with Gasteiger partial charge in [0, 0.05) is 59.9 Å². The molecule has 1 saturated heterocycles. The third-order valence-corrected chi connectivity index (χ3v) is 10.0. The largest absolute Gasteiger partial charge is 0.398 e. The molecule has 0 unspecified atom stereocenters. The molecule has 2 aromatic carbocycles. The summed E-state index contributed by atoms with van der Waals surface area (Å²) in [6, 6.07) is 17.1. The third-order valence-electron chi connectivity index (χ3n) is 9.02. The molecule has 0 bridgehead atoms. The monoisotopic (exact) mass is 701 g/mol. The Morgan fingerprint density at radius 3 is 2.58 bits per heavy atom. The second kappa shape index (κ2) is 14.4. The van der Waals surface area contributed by atoms with Crippen LogP contribution in [0.2, 0.25) is 0 Å². The first-order valence-corrected chi connectivity index (χ1v) is 17.1. The van der Waals surface area contributed by atoms with Crippen molar-refractivity contribution in [3.63, 3.8) is 0 Å². The van der Waals surface area contributed by atoms with Crippen molar-refractivity contribution in [1.29, 1.82) is 5.26 Å². The zero-order valence-corrected chi connectivity index (χ0v) is 28.6. The molecule has 10 nitrogen and oxygen atoms in total. The number of benzene rings is 2. The van der Waals surface area contributed by atoms with Gasteiger partial charge in [-0.3, -0.25) is 9.69 Å². The van der Waals surface area contributed by atoms with E-state index in [2.05, 4.69) is 56.5 Å². The second-order valence-electron chi connectivity index (χ2n) is 12.6. The second-order valence-corrected chi connectivity index (χ2v) is 13.7. The number of hydrogen-bond acceptors (Lipinski definition) is 9. The molecule has 50 heavy (non-hydrogen) atoms. The Balaban J connectivity index is 1.09. The predicted octanol–water partition coefficient (Wildman–Crippen LogP) is 6.50. The van der Waals surface area contributed by atoms with Crippen molar-refractivity contribution in [3.05, 3.63) is 88.1 Å². The number of allylic oxidation sites excluding steroid dienone is 1. The molecule has 14 heteroatoms. The van der Waals surface area contributed by atoms with Crippen LogP contribution in [0.3, 0.4) is 0 Å². The first kappa shape index (κ1) is 34.7. The van der Waals surface area contributed by atoms with E-state index in [1.165, 1.54) is 0 Å². The van der Waals surface area contributed by atoms with Crippen molar-refractivity contribution in [2.45, 2.75) is 57.9 Å². The van der Waals surface area contributed by atoms with Crippen molar-refractivity contribution < 1.29 is 18.0 Å². The average molecular weight is 702 g/mol. The maximum Gasteiger partial charge on any atom is 0.393 e. The number of aromatic nitrogens is 3. The van der Waals surface area contributed by atoms with Crippen LogP contribution in [-0.2, 0) is 30.7 Å². The summed E-state index contributed by atoms with van der Waals surface area (Å²) in [5, 5.41) is 20.8. The molecule has 1 fully saturated rings. The number of para-hydroxylation sites is 1. The van der Waals surface area contributed by atoms with E-state index < -0.39 is 12.6 Å². The molecule has 260 valence electrons.